The van der Waals surface area contributed by atoms with Crippen molar-refractivity contribution in [2.24, 2.45) is 0 Å². The fourth-order valence-corrected chi connectivity index (χ4v) is 3.68. The van der Waals surface area contributed by atoms with Crippen LogP contribution in [0.1, 0.15) is 27.0 Å². The number of carbonyl (C=O) groups is 1. The van der Waals surface area contributed by atoms with E-state index in [4.69, 9.17) is 0 Å². The molecule has 0 aliphatic heterocycles. The number of nitrogens with zero attached hydrogens (tertiary/aromatic N) is 2. The van der Waals surface area contributed by atoms with Crippen LogP contribution in [0.2, 0.25) is 0 Å². The number of benzene rings is 1. The van der Waals surface area contributed by atoms with Gasteiger partial charge in [-0.1, -0.05) is 30.3 Å². The van der Waals surface area contributed by atoms with Gasteiger partial charge in [0.15, 0.2) is 5.78 Å². The van der Waals surface area contributed by atoms with Gasteiger partial charge in [0.1, 0.15) is 11.6 Å². The topological polar surface area (TPSA) is 62.3 Å². The Balaban J connectivity index is 2.26. The highest BCUT2D eigenvalue weighted by molar-refractivity contribution is 7.98. The van der Waals surface area contributed by atoms with Gasteiger partial charge in [-0.25, -0.2) is 0 Å². The first-order valence-electron chi connectivity index (χ1n) is 7.77. The van der Waals surface area contributed by atoms with E-state index in [1.807, 2.05) is 37.3 Å². The summed E-state index contributed by atoms with van der Waals surface area (Å²) in [6.07, 6.45) is 3.60. The molecule has 0 bridgehead atoms. The first-order chi connectivity index (χ1) is 12.1. The molecule has 0 saturated heterocycles. The molecule has 0 saturated carbocycles. The number of pyridine rings is 2. The number of Topliss-reactive ketones (excluding diaryl/α,β-unsaturated/α-hetero) is 1. The van der Waals surface area contributed by atoms with E-state index >= 15 is 0 Å². The first kappa shape index (κ1) is 17.0. The van der Waals surface area contributed by atoms with E-state index in [1.165, 1.54) is 16.2 Å². The van der Waals surface area contributed by atoms with Crippen LogP contribution >= 0.6 is 11.8 Å². The average molecular weight is 348 g/mol. The van der Waals surface area contributed by atoms with Crippen molar-refractivity contribution >= 4 is 23.1 Å². The lowest BCUT2D eigenvalue weighted by atomic mass is 9.98. The predicted molar refractivity (Wildman–Crippen MR) is 99.4 cm³/mol. The molecule has 0 amide bonds. The summed E-state index contributed by atoms with van der Waals surface area (Å²) in [6.45, 7) is 1.96. The maximum atomic E-state index is 13.1. The molecule has 0 unspecified atom stereocenters. The standard InChI is InChI=1S/C20H16N2O2S/c1-13-7-3-4-8-14(13)11-17(23)18-16-9-5-6-10-22(16)20(24)15(12-21)19(18)25-2/h3-10H,11H2,1-2H3. The first-order valence-corrected chi connectivity index (χ1v) is 9.00. The normalized spacial score (nSPS) is 10.6. The highest BCUT2D eigenvalue weighted by atomic mass is 32.2. The largest absolute Gasteiger partial charge is 0.294 e. The lowest BCUT2D eigenvalue weighted by Crippen LogP contribution is -2.22. The molecule has 2 aromatic heterocycles. The van der Waals surface area contributed by atoms with Crippen LogP contribution in [-0.4, -0.2) is 16.4 Å². The Kier molecular flexibility index (Phi) is 4.73. The monoisotopic (exact) mass is 348 g/mol. The molecule has 0 aliphatic carbocycles. The maximum Gasteiger partial charge on any atom is 0.274 e. The lowest BCUT2D eigenvalue weighted by Gasteiger charge is -2.13. The van der Waals surface area contributed by atoms with E-state index in [1.54, 1.807) is 30.7 Å². The fraction of sp³-hybridized carbons (Fsp3) is 0.150. The van der Waals surface area contributed by atoms with E-state index in [0.29, 0.717) is 16.0 Å². The molecule has 3 aromatic rings. The molecular weight excluding hydrogens is 332 g/mol. The van der Waals surface area contributed by atoms with Crippen LogP contribution < -0.4 is 5.56 Å². The van der Waals surface area contributed by atoms with Crippen molar-refractivity contribution in [1.29, 1.82) is 5.26 Å². The number of thioether (sulfide) groups is 1. The summed E-state index contributed by atoms with van der Waals surface area (Å²) in [5.74, 6) is -0.0983. The van der Waals surface area contributed by atoms with Crippen LogP contribution in [0.3, 0.4) is 0 Å². The summed E-state index contributed by atoms with van der Waals surface area (Å²) in [6, 6.07) is 14.9. The molecule has 0 aliphatic rings. The van der Waals surface area contributed by atoms with Crippen LogP contribution in [-0.2, 0) is 6.42 Å². The van der Waals surface area contributed by atoms with Gasteiger partial charge in [-0.05, 0) is 36.4 Å². The van der Waals surface area contributed by atoms with Gasteiger partial charge in [0.05, 0.1) is 11.1 Å². The summed E-state index contributed by atoms with van der Waals surface area (Å²) in [4.78, 5) is 26.1. The fourth-order valence-electron chi connectivity index (χ4n) is 2.92. The van der Waals surface area contributed by atoms with Gasteiger partial charge >= 0.3 is 0 Å². The Morgan fingerprint density at radius 1 is 1.20 bits per heavy atom. The Labute approximate surface area is 149 Å². The van der Waals surface area contributed by atoms with Crippen molar-refractivity contribution in [1.82, 2.24) is 4.40 Å². The van der Waals surface area contributed by atoms with Crippen LogP contribution in [0, 0.1) is 18.3 Å². The second kappa shape index (κ2) is 6.96. The maximum absolute atomic E-state index is 13.1. The minimum absolute atomic E-state index is 0.0179. The van der Waals surface area contributed by atoms with Gasteiger partial charge in [-0.2, -0.15) is 5.26 Å². The smallest absolute Gasteiger partial charge is 0.274 e. The SMILES string of the molecule is CSc1c(C#N)c(=O)n2ccccc2c1C(=O)Cc1ccccc1C. The zero-order chi connectivity index (χ0) is 18.0. The number of aryl methyl sites for hydroxylation is 1. The number of ketones is 1. The molecule has 5 heteroatoms. The number of hydrogen-bond donors (Lipinski definition) is 0. The summed E-state index contributed by atoms with van der Waals surface area (Å²) < 4.78 is 1.38. The van der Waals surface area contributed by atoms with Gasteiger partial charge in [0, 0.05) is 17.5 Å². The predicted octanol–water partition coefficient (Wildman–Crippen LogP) is 3.63. The lowest BCUT2D eigenvalue weighted by molar-refractivity contribution is 0.0991. The third-order valence-electron chi connectivity index (χ3n) is 4.21. The number of fused-ring (bicyclic) bond motifs is 1. The highest BCUT2D eigenvalue weighted by Crippen LogP contribution is 2.28. The van der Waals surface area contributed by atoms with Gasteiger partial charge in [-0.3, -0.25) is 14.0 Å². The number of carbonyl (C=O) groups excluding carboxylic acids is 1. The molecular formula is C20H16N2O2S. The van der Waals surface area contributed by atoms with Crippen molar-refractivity contribution in [2.75, 3.05) is 6.26 Å². The van der Waals surface area contributed by atoms with Crippen LogP contribution in [0.4, 0.5) is 0 Å². The summed E-state index contributed by atoms with van der Waals surface area (Å²) in [5.41, 5.74) is 2.58. The molecule has 25 heavy (non-hydrogen) atoms. The molecule has 0 spiro atoms. The molecule has 3 rings (SSSR count). The number of hydrogen-bond acceptors (Lipinski definition) is 4. The summed E-state index contributed by atoms with van der Waals surface area (Å²) in [7, 11) is 0. The van der Waals surface area contributed by atoms with E-state index < -0.39 is 5.56 Å². The quantitative estimate of drug-likeness (QED) is 0.533. The molecule has 0 fully saturated rings. The van der Waals surface area contributed by atoms with E-state index in [0.717, 1.165) is 11.1 Å². The Morgan fingerprint density at radius 2 is 1.92 bits per heavy atom. The molecule has 124 valence electrons. The van der Waals surface area contributed by atoms with E-state index in [-0.39, 0.29) is 17.8 Å². The summed E-state index contributed by atoms with van der Waals surface area (Å²) in [5, 5.41) is 9.44. The number of aromatic nitrogens is 1. The van der Waals surface area contributed by atoms with Crippen molar-refractivity contribution < 1.29 is 4.79 Å². The molecule has 0 atom stereocenters. The molecule has 1 aromatic carbocycles. The second-order valence-electron chi connectivity index (χ2n) is 5.68. The zero-order valence-corrected chi connectivity index (χ0v) is 14.8. The van der Waals surface area contributed by atoms with Gasteiger partial charge in [0.2, 0.25) is 0 Å². The second-order valence-corrected chi connectivity index (χ2v) is 6.50. The van der Waals surface area contributed by atoms with Crippen LogP contribution in [0.5, 0.6) is 0 Å². The average Bonchev–Trinajstić information content (AvgIpc) is 2.63. The van der Waals surface area contributed by atoms with Crippen molar-refractivity contribution in [3.8, 4) is 6.07 Å². The summed E-state index contributed by atoms with van der Waals surface area (Å²) >= 11 is 1.26. The minimum Gasteiger partial charge on any atom is -0.294 e. The number of nitriles is 1. The van der Waals surface area contributed by atoms with Crippen LogP contribution in [0.15, 0.2) is 58.4 Å². The Hall–Kier alpha value is -2.84. The molecule has 0 radical (unpaired) electrons. The van der Waals surface area contributed by atoms with Gasteiger partial charge in [-0.15, -0.1) is 11.8 Å². The van der Waals surface area contributed by atoms with Crippen molar-refractivity contribution in [3.63, 3.8) is 0 Å². The third-order valence-corrected chi connectivity index (χ3v) is 5.03. The Morgan fingerprint density at radius 3 is 2.60 bits per heavy atom. The van der Waals surface area contributed by atoms with Gasteiger partial charge < -0.3 is 0 Å². The van der Waals surface area contributed by atoms with Crippen molar-refractivity contribution in [3.05, 3.63) is 81.3 Å². The van der Waals surface area contributed by atoms with E-state index in [2.05, 4.69) is 0 Å². The molecule has 4 nitrogen and oxygen atoms in total. The zero-order valence-electron chi connectivity index (χ0n) is 13.9. The van der Waals surface area contributed by atoms with Gasteiger partial charge in [0.25, 0.3) is 5.56 Å². The number of rotatable bonds is 4. The Bertz CT molecular complexity index is 1080. The van der Waals surface area contributed by atoms with Crippen molar-refractivity contribution in [2.45, 2.75) is 18.2 Å². The van der Waals surface area contributed by atoms with Crippen LogP contribution in [0.25, 0.3) is 5.52 Å². The van der Waals surface area contributed by atoms with E-state index in [9.17, 15) is 14.9 Å². The molecule has 2 heterocycles. The molecule has 0 N–H and O–H groups in total. The third kappa shape index (κ3) is 2.97. The highest BCUT2D eigenvalue weighted by Gasteiger charge is 2.22. The minimum atomic E-state index is -0.394.